The molecule has 1 aromatic carbocycles. The minimum Gasteiger partial charge on any atom is -0.356 e. The monoisotopic (exact) mass is 375 g/mol. The van der Waals surface area contributed by atoms with Crippen molar-refractivity contribution in [3.8, 4) is 0 Å². The Balaban J connectivity index is 2.06. The summed E-state index contributed by atoms with van der Waals surface area (Å²) in [6.45, 7) is 5.26. The van der Waals surface area contributed by atoms with Gasteiger partial charge in [0.25, 0.3) is 0 Å². The molecule has 6 nitrogen and oxygen atoms in total. The van der Waals surface area contributed by atoms with Crippen molar-refractivity contribution in [1.82, 2.24) is 5.32 Å². The van der Waals surface area contributed by atoms with E-state index >= 15 is 0 Å². The number of carbonyl (C=O) groups excluding carboxylic acids is 3. The maximum Gasteiger partial charge on any atom is 0.247 e. The van der Waals surface area contributed by atoms with Crippen LogP contribution in [0, 0.1) is 11.2 Å². The Bertz CT molecular complexity index is 727. The summed E-state index contributed by atoms with van der Waals surface area (Å²) in [6.07, 6.45) is 6.27. The molecule has 0 aliphatic heterocycles. The molecule has 3 N–H and O–H groups in total. The van der Waals surface area contributed by atoms with Gasteiger partial charge in [0.1, 0.15) is 5.82 Å². The van der Waals surface area contributed by atoms with Gasteiger partial charge >= 0.3 is 0 Å². The van der Waals surface area contributed by atoms with Crippen LogP contribution in [0.4, 0.5) is 15.8 Å². The smallest absolute Gasteiger partial charge is 0.247 e. The third-order valence-electron chi connectivity index (χ3n) is 4.86. The highest BCUT2D eigenvalue weighted by Gasteiger charge is 2.34. The van der Waals surface area contributed by atoms with Crippen LogP contribution in [0.3, 0.4) is 0 Å². The van der Waals surface area contributed by atoms with Crippen molar-refractivity contribution in [2.75, 3.05) is 17.2 Å². The lowest BCUT2D eigenvalue weighted by Crippen LogP contribution is -2.40. The van der Waals surface area contributed by atoms with Gasteiger partial charge in [-0.2, -0.15) is 0 Å². The van der Waals surface area contributed by atoms with E-state index < -0.39 is 11.7 Å². The SMILES string of the molecule is C=CC(=O)Nc1cc(NC(=O)CC2(CNC(C)=O)CCCCC2)ccc1F. The van der Waals surface area contributed by atoms with Gasteiger partial charge in [0, 0.05) is 25.6 Å². The van der Waals surface area contributed by atoms with Crippen molar-refractivity contribution in [2.45, 2.75) is 45.4 Å². The van der Waals surface area contributed by atoms with Gasteiger partial charge in [-0.3, -0.25) is 14.4 Å². The van der Waals surface area contributed by atoms with Gasteiger partial charge in [-0.1, -0.05) is 25.8 Å². The number of rotatable bonds is 7. The topological polar surface area (TPSA) is 87.3 Å². The van der Waals surface area contributed by atoms with Crippen molar-refractivity contribution >= 4 is 29.1 Å². The van der Waals surface area contributed by atoms with E-state index in [1.165, 1.54) is 25.1 Å². The lowest BCUT2D eigenvalue weighted by atomic mass is 9.71. The largest absolute Gasteiger partial charge is 0.356 e. The van der Waals surface area contributed by atoms with Crippen molar-refractivity contribution in [3.63, 3.8) is 0 Å². The van der Waals surface area contributed by atoms with Gasteiger partial charge in [-0.15, -0.1) is 0 Å². The van der Waals surface area contributed by atoms with Gasteiger partial charge < -0.3 is 16.0 Å². The second-order valence-corrected chi connectivity index (χ2v) is 7.08. The summed E-state index contributed by atoms with van der Waals surface area (Å²) in [5.74, 6) is -1.44. The molecule has 1 aromatic rings. The summed E-state index contributed by atoms with van der Waals surface area (Å²) in [4.78, 5) is 35.3. The molecule has 0 unspecified atom stereocenters. The molecule has 0 heterocycles. The molecule has 0 bridgehead atoms. The molecule has 1 saturated carbocycles. The number of nitrogens with one attached hydrogen (secondary N) is 3. The molecule has 27 heavy (non-hydrogen) atoms. The molecule has 7 heteroatoms. The van der Waals surface area contributed by atoms with Crippen LogP contribution in [0.25, 0.3) is 0 Å². The predicted molar refractivity (Wildman–Crippen MR) is 103 cm³/mol. The molecular weight excluding hydrogens is 349 g/mol. The molecule has 1 aliphatic rings. The summed E-state index contributed by atoms with van der Waals surface area (Å²) in [5, 5.41) is 7.97. The summed E-state index contributed by atoms with van der Waals surface area (Å²) >= 11 is 0. The second kappa shape index (κ2) is 9.30. The van der Waals surface area contributed by atoms with Crippen molar-refractivity contribution in [2.24, 2.45) is 5.41 Å². The highest BCUT2D eigenvalue weighted by atomic mass is 19.1. The van der Waals surface area contributed by atoms with Gasteiger partial charge in [0.2, 0.25) is 17.7 Å². The minimum atomic E-state index is -0.599. The zero-order valence-corrected chi connectivity index (χ0v) is 15.6. The highest BCUT2D eigenvalue weighted by molar-refractivity contribution is 5.99. The molecule has 0 saturated heterocycles. The Morgan fingerprint density at radius 3 is 2.52 bits per heavy atom. The van der Waals surface area contributed by atoms with Crippen LogP contribution < -0.4 is 16.0 Å². The zero-order chi connectivity index (χ0) is 19.9. The fourth-order valence-corrected chi connectivity index (χ4v) is 3.46. The van der Waals surface area contributed by atoms with Gasteiger partial charge in [0.15, 0.2) is 0 Å². The Morgan fingerprint density at radius 2 is 1.89 bits per heavy atom. The highest BCUT2D eigenvalue weighted by Crippen LogP contribution is 2.39. The Morgan fingerprint density at radius 1 is 1.19 bits per heavy atom. The Labute approximate surface area is 158 Å². The normalized spacial score (nSPS) is 15.5. The van der Waals surface area contributed by atoms with Crippen molar-refractivity contribution in [1.29, 1.82) is 0 Å². The van der Waals surface area contributed by atoms with E-state index in [9.17, 15) is 18.8 Å². The van der Waals surface area contributed by atoms with Crippen LogP contribution in [0.1, 0.15) is 45.4 Å². The number of hydrogen-bond acceptors (Lipinski definition) is 3. The van der Waals surface area contributed by atoms with Gasteiger partial charge in [-0.05, 0) is 42.5 Å². The van der Waals surface area contributed by atoms with Gasteiger partial charge in [-0.25, -0.2) is 4.39 Å². The van der Waals surface area contributed by atoms with Crippen LogP contribution in [-0.4, -0.2) is 24.3 Å². The van der Waals surface area contributed by atoms with Crippen LogP contribution >= 0.6 is 0 Å². The first-order valence-corrected chi connectivity index (χ1v) is 9.11. The van der Waals surface area contributed by atoms with Gasteiger partial charge in [0.05, 0.1) is 5.69 Å². The summed E-state index contributed by atoms with van der Waals surface area (Å²) in [6, 6.07) is 4.00. The lowest BCUT2D eigenvalue weighted by molar-refractivity contribution is -0.122. The quantitative estimate of drug-likeness (QED) is 0.639. The first kappa shape index (κ1) is 20.6. The van der Waals surface area contributed by atoms with Crippen LogP contribution in [0.2, 0.25) is 0 Å². The molecule has 146 valence electrons. The predicted octanol–water partition coefficient (Wildman–Crippen LogP) is 3.37. The summed E-state index contributed by atoms with van der Waals surface area (Å²) in [5.41, 5.74) is 0.114. The maximum atomic E-state index is 13.8. The number of amides is 3. The molecule has 1 fully saturated rings. The Kier molecular flexibility index (Phi) is 7.10. The second-order valence-electron chi connectivity index (χ2n) is 7.08. The molecule has 2 rings (SSSR count). The molecular formula is C20H26FN3O3. The van der Waals surface area contributed by atoms with E-state index in [1.807, 2.05) is 0 Å². The minimum absolute atomic E-state index is 0.0247. The van der Waals surface area contributed by atoms with Crippen LogP contribution in [0.5, 0.6) is 0 Å². The fourth-order valence-electron chi connectivity index (χ4n) is 3.46. The molecule has 1 aliphatic carbocycles. The van der Waals surface area contributed by atoms with E-state index in [0.29, 0.717) is 12.2 Å². The standard InChI is InChI=1S/C20H26FN3O3/c1-3-18(26)24-17-11-15(7-8-16(17)21)23-19(27)12-20(13-22-14(2)25)9-5-4-6-10-20/h3,7-8,11H,1,4-6,9-10,12-13H2,2H3,(H,22,25)(H,23,27)(H,24,26). The molecule has 0 aromatic heterocycles. The third kappa shape index (κ3) is 6.20. The molecule has 0 radical (unpaired) electrons. The average molecular weight is 375 g/mol. The summed E-state index contributed by atoms with van der Waals surface area (Å²) < 4.78 is 13.8. The van der Waals surface area contributed by atoms with E-state index in [4.69, 9.17) is 0 Å². The fraction of sp³-hybridized carbons (Fsp3) is 0.450. The third-order valence-corrected chi connectivity index (χ3v) is 4.86. The zero-order valence-electron chi connectivity index (χ0n) is 15.6. The number of benzene rings is 1. The lowest BCUT2D eigenvalue weighted by Gasteiger charge is -2.37. The van der Waals surface area contributed by atoms with Crippen LogP contribution in [0.15, 0.2) is 30.9 Å². The average Bonchev–Trinajstić information content (AvgIpc) is 2.63. The summed E-state index contributed by atoms with van der Waals surface area (Å²) in [7, 11) is 0. The van der Waals surface area contributed by atoms with Crippen LogP contribution in [-0.2, 0) is 14.4 Å². The number of carbonyl (C=O) groups is 3. The maximum absolute atomic E-state index is 13.8. The number of anilines is 2. The van der Waals surface area contributed by atoms with E-state index in [-0.39, 0.29) is 29.3 Å². The Hall–Kier alpha value is -2.70. The van der Waals surface area contributed by atoms with E-state index in [2.05, 4.69) is 22.5 Å². The van der Waals surface area contributed by atoms with E-state index in [1.54, 1.807) is 0 Å². The van der Waals surface area contributed by atoms with Crippen molar-refractivity contribution < 1.29 is 18.8 Å². The first-order chi connectivity index (χ1) is 12.8. The molecule has 0 atom stereocenters. The number of halogens is 1. The molecule has 0 spiro atoms. The van der Waals surface area contributed by atoms with Crippen molar-refractivity contribution in [3.05, 3.63) is 36.7 Å². The number of hydrogen-bond donors (Lipinski definition) is 3. The molecule has 3 amide bonds. The van der Waals surface area contributed by atoms with E-state index in [0.717, 1.165) is 38.2 Å². The first-order valence-electron chi connectivity index (χ1n) is 9.11.